The van der Waals surface area contributed by atoms with Gasteiger partial charge in [-0.1, -0.05) is 132 Å². The Labute approximate surface area is 280 Å². The molecule has 0 spiro atoms. The molecule has 9 aromatic rings. The van der Waals surface area contributed by atoms with Crippen LogP contribution in [0.5, 0.6) is 0 Å². The van der Waals surface area contributed by atoms with Gasteiger partial charge in [0, 0.05) is 16.2 Å². The Kier molecular flexibility index (Phi) is 5.40. The van der Waals surface area contributed by atoms with E-state index in [0.29, 0.717) is 0 Å². The number of hydrogen-bond acceptors (Lipinski definition) is 1. The highest BCUT2D eigenvalue weighted by molar-refractivity contribution is 6.25. The van der Waals surface area contributed by atoms with E-state index in [1.54, 1.807) is 0 Å². The lowest BCUT2D eigenvalue weighted by molar-refractivity contribution is 0.591. The zero-order chi connectivity index (χ0) is 32.5. The Balaban J connectivity index is 1.09. The number of para-hydroxylation sites is 1. The molecular formula is C47H36O. The molecule has 1 aromatic heterocycles. The van der Waals surface area contributed by atoms with Crippen molar-refractivity contribution < 1.29 is 4.42 Å². The summed E-state index contributed by atoms with van der Waals surface area (Å²) in [5, 5.41) is 10.4. The molecule has 230 valence electrons. The molecule has 0 fully saturated rings. The predicted molar refractivity (Wildman–Crippen MR) is 205 cm³/mol. The van der Waals surface area contributed by atoms with E-state index in [1.165, 1.54) is 87.8 Å². The second-order valence-corrected chi connectivity index (χ2v) is 15.4. The van der Waals surface area contributed by atoms with Crippen molar-refractivity contribution in [2.24, 2.45) is 0 Å². The van der Waals surface area contributed by atoms with Gasteiger partial charge in [-0.2, -0.15) is 0 Å². The highest BCUT2D eigenvalue weighted by Crippen LogP contribution is 2.51. The van der Waals surface area contributed by atoms with Crippen LogP contribution in [-0.2, 0) is 10.8 Å². The summed E-state index contributed by atoms with van der Waals surface area (Å²) in [5.74, 6) is 0. The second kappa shape index (κ2) is 9.36. The SMILES string of the molecule is CC(C)(C)c1cc2ccc3ccc(-c4ccc5c(c4)C(C)(C)c4cc(-c6ccc7oc8ccccc8c7c6)ccc4-5)c4ccc(c1)c2c34. The second-order valence-electron chi connectivity index (χ2n) is 15.4. The number of benzene rings is 8. The average Bonchev–Trinajstić information content (AvgIpc) is 3.57. The first-order valence-electron chi connectivity index (χ1n) is 17.1. The minimum absolute atomic E-state index is 0.105. The van der Waals surface area contributed by atoms with Gasteiger partial charge in [0.15, 0.2) is 0 Å². The third-order valence-electron chi connectivity index (χ3n) is 11.2. The molecule has 1 heteroatoms. The van der Waals surface area contributed by atoms with Gasteiger partial charge in [0.05, 0.1) is 0 Å². The molecule has 0 N–H and O–H groups in total. The molecule has 0 saturated heterocycles. The maximum atomic E-state index is 6.12. The van der Waals surface area contributed by atoms with Crippen LogP contribution in [0.25, 0.3) is 87.6 Å². The Morgan fingerprint density at radius 2 is 1.04 bits per heavy atom. The molecule has 10 rings (SSSR count). The molecule has 1 heterocycles. The van der Waals surface area contributed by atoms with E-state index < -0.39 is 0 Å². The molecule has 0 atom stereocenters. The quantitative estimate of drug-likeness (QED) is 0.176. The molecule has 0 radical (unpaired) electrons. The summed E-state index contributed by atoms with van der Waals surface area (Å²) in [6.45, 7) is 11.7. The highest BCUT2D eigenvalue weighted by Gasteiger charge is 2.36. The zero-order valence-corrected chi connectivity index (χ0v) is 28.0. The fourth-order valence-electron chi connectivity index (χ4n) is 8.49. The van der Waals surface area contributed by atoms with E-state index in [9.17, 15) is 0 Å². The molecule has 0 saturated carbocycles. The van der Waals surface area contributed by atoms with Gasteiger partial charge in [-0.3, -0.25) is 0 Å². The van der Waals surface area contributed by atoms with Crippen LogP contribution < -0.4 is 0 Å². The van der Waals surface area contributed by atoms with Gasteiger partial charge in [-0.25, -0.2) is 0 Å². The van der Waals surface area contributed by atoms with Crippen molar-refractivity contribution in [3.63, 3.8) is 0 Å². The lowest BCUT2D eigenvalue weighted by Gasteiger charge is -2.23. The summed E-state index contributed by atoms with van der Waals surface area (Å²) in [5.41, 5.74) is 13.7. The van der Waals surface area contributed by atoms with Crippen LogP contribution in [0.15, 0.2) is 132 Å². The van der Waals surface area contributed by atoms with E-state index in [0.717, 1.165) is 16.6 Å². The van der Waals surface area contributed by atoms with Crippen molar-refractivity contribution in [1.82, 2.24) is 0 Å². The third kappa shape index (κ3) is 3.79. The van der Waals surface area contributed by atoms with Gasteiger partial charge in [0.2, 0.25) is 0 Å². The van der Waals surface area contributed by atoms with Crippen LogP contribution in [0.2, 0.25) is 0 Å². The number of hydrogen-bond donors (Lipinski definition) is 0. The average molecular weight is 617 g/mol. The number of fused-ring (bicyclic) bond motifs is 6. The summed E-state index contributed by atoms with van der Waals surface area (Å²) >= 11 is 0. The minimum Gasteiger partial charge on any atom is -0.456 e. The fraction of sp³-hybridized carbons (Fsp3) is 0.149. The van der Waals surface area contributed by atoms with Gasteiger partial charge in [-0.15, -0.1) is 0 Å². The van der Waals surface area contributed by atoms with Crippen molar-refractivity contribution >= 4 is 54.3 Å². The first kappa shape index (κ1) is 27.7. The Morgan fingerprint density at radius 1 is 0.458 bits per heavy atom. The molecule has 1 nitrogen and oxygen atoms in total. The molecule has 0 unspecified atom stereocenters. The lowest BCUT2D eigenvalue weighted by Crippen LogP contribution is -2.15. The number of furan rings is 1. The highest BCUT2D eigenvalue weighted by atomic mass is 16.3. The van der Waals surface area contributed by atoms with Gasteiger partial charge >= 0.3 is 0 Å². The monoisotopic (exact) mass is 616 g/mol. The van der Waals surface area contributed by atoms with Crippen LogP contribution in [0.4, 0.5) is 0 Å². The topological polar surface area (TPSA) is 13.1 Å². The molecule has 1 aliphatic carbocycles. The van der Waals surface area contributed by atoms with Gasteiger partial charge in [0.25, 0.3) is 0 Å². The van der Waals surface area contributed by atoms with Gasteiger partial charge in [0.1, 0.15) is 11.2 Å². The molecule has 0 bridgehead atoms. The van der Waals surface area contributed by atoms with Crippen molar-refractivity contribution in [3.05, 3.63) is 144 Å². The van der Waals surface area contributed by atoms with Crippen LogP contribution in [-0.4, -0.2) is 0 Å². The van der Waals surface area contributed by atoms with Crippen LogP contribution in [0.1, 0.15) is 51.3 Å². The van der Waals surface area contributed by atoms with Crippen LogP contribution >= 0.6 is 0 Å². The summed E-state index contributed by atoms with van der Waals surface area (Å²) in [6, 6.07) is 47.8. The van der Waals surface area contributed by atoms with Crippen LogP contribution in [0.3, 0.4) is 0 Å². The maximum absolute atomic E-state index is 6.12. The van der Waals surface area contributed by atoms with E-state index in [2.05, 4.69) is 150 Å². The first-order chi connectivity index (χ1) is 23.1. The molecule has 8 aromatic carbocycles. The Hall–Kier alpha value is -5.40. The predicted octanol–water partition coefficient (Wildman–Crippen LogP) is 13.4. The summed E-state index contributed by atoms with van der Waals surface area (Å²) in [6.07, 6.45) is 0. The smallest absolute Gasteiger partial charge is 0.135 e. The first-order valence-corrected chi connectivity index (χ1v) is 17.1. The third-order valence-corrected chi connectivity index (χ3v) is 11.2. The standard InChI is InChI=1S/C47H36O/c1-46(2,3)33-22-31-11-10-27-12-17-34(38-20-15-32(23-33)44(31)45(27)38)30-14-19-36-35-18-13-29(25-40(35)47(4,5)41(36)26-30)28-16-21-43-39(24-28)37-8-6-7-9-42(37)48-43/h6-26H,1-5H3. The summed E-state index contributed by atoms with van der Waals surface area (Å²) in [7, 11) is 0. The Bertz CT molecular complexity index is 2760. The van der Waals surface area contributed by atoms with Crippen LogP contribution in [0, 0.1) is 0 Å². The van der Waals surface area contributed by atoms with Gasteiger partial charge < -0.3 is 4.42 Å². The van der Waals surface area contributed by atoms with Crippen molar-refractivity contribution in [2.75, 3.05) is 0 Å². The van der Waals surface area contributed by atoms with Crippen molar-refractivity contribution in [3.8, 4) is 33.4 Å². The maximum Gasteiger partial charge on any atom is 0.135 e. The summed E-state index contributed by atoms with van der Waals surface area (Å²) in [4.78, 5) is 0. The van der Waals surface area contributed by atoms with Crippen molar-refractivity contribution in [1.29, 1.82) is 0 Å². The molecular weight excluding hydrogens is 581 g/mol. The normalized spacial score (nSPS) is 14.1. The Morgan fingerprint density at radius 3 is 1.81 bits per heavy atom. The molecule has 48 heavy (non-hydrogen) atoms. The van der Waals surface area contributed by atoms with E-state index in [4.69, 9.17) is 4.42 Å². The number of rotatable bonds is 2. The van der Waals surface area contributed by atoms with Gasteiger partial charge in [-0.05, 0) is 118 Å². The van der Waals surface area contributed by atoms with E-state index in [1.807, 2.05) is 12.1 Å². The minimum atomic E-state index is -0.129. The molecule has 0 aliphatic heterocycles. The van der Waals surface area contributed by atoms with E-state index in [-0.39, 0.29) is 10.8 Å². The zero-order valence-electron chi connectivity index (χ0n) is 28.0. The molecule has 0 amide bonds. The summed E-state index contributed by atoms with van der Waals surface area (Å²) < 4.78 is 6.12. The van der Waals surface area contributed by atoms with E-state index >= 15 is 0 Å². The largest absolute Gasteiger partial charge is 0.456 e. The lowest BCUT2D eigenvalue weighted by atomic mass is 9.80. The van der Waals surface area contributed by atoms with Crippen molar-refractivity contribution in [2.45, 2.75) is 45.4 Å². The fourth-order valence-corrected chi connectivity index (χ4v) is 8.49. The molecule has 1 aliphatic rings.